The van der Waals surface area contributed by atoms with E-state index < -0.39 is 0 Å². The fraction of sp³-hybridized carbons (Fsp3) is 0.118. The summed E-state index contributed by atoms with van der Waals surface area (Å²) in [6.45, 7) is 0. The van der Waals surface area contributed by atoms with Gasteiger partial charge in [0, 0.05) is 35.0 Å². The Bertz CT molecular complexity index is 699. The Hall–Kier alpha value is -1.27. The van der Waals surface area contributed by atoms with Gasteiger partial charge in [-0.3, -0.25) is 9.78 Å². The summed E-state index contributed by atoms with van der Waals surface area (Å²) in [4.78, 5) is 16.7. The minimum absolute atomic E-state index is 0.0197. The highest BCUT2D eigenvalue weighted by molar-refractivity contribution is 14.2. The Kier molecular flexibility index (Phi) is 4.98. The fourth-order valence-electron chi connectivity index (χ4n) is 2.10. The summed E-state index contributed by atoms with van der Waals surface area (Å²) in [7, 11) is 0. The molecule has 1 aromatic heterocycles. The standard InChI is InChI=1S/C17H14INOS/c20-17-15(7-13-3-1-5-18-9-13)11-21-12-16(17)8-14-4-2-6-19-10-14/h1-10H,11-12H2/b15-7+,16-8+. The molecule has 0 bridgehead atoms. The van der Waals surface area contributed by atoms with Gasteiger partial charge in [-0.1, -0.05) is 38.9 Å². The van der Waals surface area contributed by atoms with Crippen molar-refractivity contribution >= 4 is 48.4 Å². The maximum absolute atomic E-state index is 12.6. The molecule has 0 unspecified atom stereocenters. The van der Waals surface area contributed by atoms with E-state index in [-0.39, 0.29) is 26.5 Å². The fourth-order valence-corrected chi connectivity index (χ4v) is 4.53. The molecule has 4 heteroatoms. The highest BCUT2D eigenvalue weighted by Gasteiger charge is 2.21. The van der Waals surface area contributed by atoms with Crippen LogP contribution in [0.4, 0.5) is 0 Å². The normalized spacial score (nSPS) is 22.3. The molecule has 0 amide bonds. The first-order valence-corrected chi connectivity index (χ1v) is 10.2. The third-order valence-corrected chi connectivity index (χ3v) is 6.03. The molecule has 0 spiro atoms. The molecule has 2 aliphatic rings. The quantitative estimate of drug-likeness (QED) is 0.550. The van der Waals surface area contributed by atoms with Crippen molar-refractivity contribution in [3.05, 3.63) is 69.1 Å². The highest BCUT2D eigenvalue weighted by Crippen LogP contribution is 2.27. The Morgan fingerprint density at radius 1 is 1.24 bits per heavy atom. The SMILES string of the molecule is O=C1/C(=C/C2=CI=CC=C2)CSC/C1=C\c1cccnc1. The van der Waals surface area contributed by atoms with E-state index in [1.54, 1.807) is 24.2 Å². The zero-order valence-electron chi connectivity index (χ0n) is 11.3. The maximum atomic E-state index is 12.6. The molecule has 3 rings (SSSR count). The van der Waals surface area contributed by atoms with E-state index in [4.69, 9.17) is 0 Å². The molecule has 1 saturated heterocycles. The number of carbonyl (C=O) groups is 1. The van der Waals surface area contributed by atoms with Crippen molar-refractivity contribution in [2.24, 2.45) is 0 Å². The van der Waals surface area contributed by atoms with Crippen LogP contribution in [0.15, 0.2) is 63.6 Å². The lowest BCUT2D eigenvalue weighted by molar-refractivity contribution is -0.112. The van der Waals surface area contributed by atoms with Gasteiger partial charge >= 0.3 is 0 Å². The van der Waals surface area contributed by atoms with E-state index in [0.29, 0.717) is 0 Å². The number of allylic oxidation sites excluding steroid dienone is 4. The van der Waals surface area contributed by atoms with Gasteiger partial charge in [-0.15, -0.1) is 0 Å². The van der Waals surface area contributed by atoms with Crippen molar-refractivity contribution in [2.45, 2.75) is 0 Å². The number of hydrogen-bond donors (Lipinski definition) is 0. The molecule has 21 heavy (non-hydrogen) atoms. The van der Waals surface area contributed by atoms with Gasteiger partial charge in [-0.25, -0.2) is 0 Å². The van der Waals surface area contributed by atoms with Crippen LogP contribution in [0.2, 0.25) is 0 Å². The van der Waals surface area contributed by atoms with Crippen molar-refractivity contribution < 1.29 is 4.79 Å². The maximum Gasteiger partial charge on any atom is 0.186 e. The second kappa shape index (κ2) is 7.13. The second-order valence-electron chi connectivity index (χ2n) is 4.67. The van der Waals surface area contributed by atoms with Crippen molar-refractivity contribution in [1.29, 1.82) is 0 Å². The average molecular weight is 407 g/mol. The molecule has 106 valence electrons. The van der Waals surface area contributed by atoms with Gasteiger partial charge in [0.05, 0.1) is 0 Å². The Morgan fingerprint density at radius 2 is 2.10 bits per heavy atom. The molecule has 0 radical (unpaired) electrons. The monoisotopic (exact) mass is 407 g/mol. The summed E-state index contributed by atoms with van der Waals surface area (Å²) >= 11 is 1.81. The molecular weight excluding hydrogens is 393 g/mol. The van der Waals surface area contributed by atoms with Crippen LogP contribution >= 0.6 is 32.5 Å². The molecule has 0 N–H and O–H groups in total. The number of halogens is 1. The van der Waals surface area contributed by atoms with Gasteiger partial charge in [-0.05, 0) is 37.4 Å². The molecule has 0 saturated carbocycles. The van der Waals surface area contributed by atoms with Crippen molar-refractivity contribution in [3.63, 3.8) is 0 Å². The van der Waals surface area contributed by atoms with Crippen molar-refractivity contribution in [3.8, 4) is 0 Å². The number of nitrogens with zero attached hydrogens (tertiary/aromatic N) is 1. The number of Topliss-reactive ketones (excluding diaryl/α,β-unsaturated/α-hetero) is 1. The predicted octanol–water partition coefficient (Wildman–Crippen LogP) is 3.93. The molecule has 0 aliphatic carbocycles. The van der Waals surface area contributed by atoms with Gasteiger partial charge in [0.25, 0.3) is 0 Å². The van der Waals surface area contributed by atoms with Gasteiger partial charge in [0.2, 0.25) is 0 Å². The first-order valence-electron chi connectivity index (χ1n) is 6.58. The summed E-state index contributed by atoms with van der Waals surface area (Å²) in [5.41, 5.74) is 3.94. The highest BCUT2D eigenvalue weighted by atomic mass is 127. The lowest BCUT2D eigenvalue weighted by atomic mass is 10.0. The van der Waals surface area contributed by atoms with E-state index >= 15 is 0 Å². The molecule has 0 aromatic carbocycles. The number of thioether (sulfide) groups is 1. The first-order chi connectivity index (χ1) is 10.3. The number of pyridine rings is 1. The van der Waals surface area contributed by atoms with Crippen LogP contribution in [0.3, 0.4) is 0 Å². The summed E-state index contributed by atoms with van der Waals surface area (Å²) in [5, 5.41) is 0. The van der Waals surface area contributed by atoms with E-state index in [0.717, 1.165) is 28.2 Å². The summed E-state index contributed by atoms with van der Waals surface area (Å²) in [6, 6.07) is 3.87. The molecule has 3 heterocycles. The largest absolute Gasteiger partial charge is 0.289 e. The minimum atomic E-state index is 0.0197. The minimum Gasteiger partial charge on any atom is -0.289 e. The lowest BCUT2D eigenvalue weighted by Crippen LogP contribution is -2.16. The van der Waals surface area contributed by atoms with E-state index in [9.17, 15) is 4.79 Å². The van der Waals surface area contributed by atoms with Gasteiger partial charge in [0.15, 0.2) is 5.78 Å². The van der Waals surface area contributed by atoms with Crippen molar-refractivity contribution in [1.82, 2.24) is 4.98 Å². The van der Waals surface area contributed by atoms with E-state index in [1.165, 1.54) is 5.57 Å². The Labute approximate surface area is 138 Å². The number of rotatable bonds is 2. The van der Waals surface area contributed by atoms with Gasteiger partial charge in [0.1, 0.15) is 0 Å². The van der Waals surface area contributed by atoms with Crippen LogP contribution in [0.1, 0.15) is 5.56 Å². The van der Waals surface area contributed by atoms with E-state index in [2.05, 4.69) is 31.3 Å². The summed E-state index contributed by atoms with van der Waals surface area (Å²) < 4.78 is 4.47. The number of ketones is 1. The third kappa shape index (κ3) is 3.89. The van der Waals surface area contributed by atoms with Crippen molar-refractivity contribution in [2.75, 3.05) is 11.5 Å². The summed E-state index contributed by atoms with van der Waals surface area (Å²) in [5.74, 6) is 1.76. The second-order valence-corrected chi connectivity index (χ2v) is 7.71. The summed E-state index contributed by atoms with van der Waals surface area (Å²) in [6.07, 6.45) is 11.7. The molecular formula is C17H14INOS. The number of carbonyl (C=O) groups excluding carboxylic acids is 1. The van der Waals surface area contributed by atoms with Crippen LogP contribution in [-0.4, -0.2) is 26.3 Å². The van der Waals surface area contributed by atoms with Crippen LogP contribution in [0, 0.1) is 0 Å². The zero-order chi connectivity index (χ0) is 14.5. The zero-order valence-corrected chi connectivity index (χ0v) is 14.3. The number of aromatic nitrogens is 1. The number of hydrogen-bond acceptors (Lipinski definition) is 3. The Balaban J connectivity index is 1.86. The topological polar surface area (TPSA) is 30.0 Å². The molecule has 2 aliphatic heterocycles. The van der Waals surface area contributed by atoms with Crippen LogP contribution in [0.25, 0.3) is 6.08 Å². The third-order valence-electron chi connectivity index (χ3n) is 3.09. The van der Waals surface area contributed by atoms with Crippen LogP contribution in [-0.2, 0) is 4.79 Å². The van der Waals surface area contributed by atoms with Gasteiger partial charge in [-0.2, -0.15) is 11.8 Å². The van der Waals surface area contributed by atoms with Crippen LogP contribution < -0.4 is 0 Å². The molecule has 2 nitrogen and oxygen atoms in total. The lowest BCUT2D eigenvalue weighted by Gasteiger charge is -2.16. The van der Waals surface area contributed by atoms with Crippen LogP contribution in [0.5, 0.6) is 0 Å². The molecule has 0 atom stereocenters. The van der Waals surface area contributed by atoms with Gasteiger partial charge < -0.3 is 0 Å². The molecule has 1 aromatic rings. The molecule has 1 fully saturated rings. The Morgan fingerprint density at radius 3 is 2.81 bits per heavy atom. The van der Waals surface area contributed by atoms with E-state index in [1.807, 2.05) is 18.2 Å². The smallest absolute Gasteiger partial charge is 0.186 e. The predicted molar refractivity (Wildman–Crippen MR) is 99.9 cm³/mol. The first kappa shape index (κ1) is 14.7. The average Bonchev–Trinajstić information content (AvgIpc) is 2.53.